The predicted octanol–water partition coefficient (Wildman–Crippen LogP) is 2.43. The molecule has 0 radical (unpaired) electrons. The van der Waals surface area contributed by atoms with Crippen LogP contribution in [0, 0.1) is 5.92 Å². The van der Waals surface area contributed by atoms with Crippen LogP contribution in [0.15, 0.2) is 34.0 Å². The smallest absolute Gasteiger partial charge is 0.293 e. The Labute approximate surface area is 193 Å². The molecule has 176 valence electrons. The highest BCUT2D eigenvalue weighted by atomic mass is 16.6. The van der Waals surface area contributed by atoms with Crippen molar-refractivity contribution in [3.63, 3.8) is 0 Å². The van der Waals surface area contributed by atoms with E-state index in [1.165, 1.54) is 10.2 Å². The highest BCUT2D eigenvalue weighted by molar-refractivity contribution is 6.00. The van der Waals surface area contributed by atoms with Crippen LogP contribution in [0.25, 0.3) is 5.82 Å². The van der Waals surface area contributed by atoms with Crippen LogP contribution < -0.4 is 11.2 Å². The van der Waals surface area contributed by atoms with Gasteiger partial charge in [-0.25, -0.2) is 10.1 Å². The summed E-state index contributed by atoms with van der Waals surface area (Å²) in [5, 5.41) is 19.8. The van der Waals surface area contributed by atoms with Crippen molar-refractivity contribution in [1.82, 2.24) is 35.6 Å². The molecule has 2 heterocycles. The molecule has 0 spiro atoms. The van der Waals surface area contributed by atoms with E-state index in [1.54, 1.807) is 0 Å². The molecule has 0 fully saturated rings. The molecular weight excluding hydrogens is 422 g/mol. The van der Waals surface area contributed by atoms with Crippen molar-refractivity contribution >= 4 is 17.4 Å². The number of rotatable bonds is 10. The third-order valence-electron chi connectivity index (χ3n) is 5.28. The Hall–Kier alpha value is -3.60. The quantitative estimate of drug-likeness (QED) is 0.352. The Balaban J connectivity index is 1.82. The lowest BCUT2D eigenvalue weighted by Crippen LogP contribution is -2.27. The van der Waals surface area contributed by atoms with Crippen LogP contribution in [0.2, 0.25) is 0 Å². The third-order valence-corrected chi connectivity index (χ3v) is 5.28. The fraction of sp³-hybridized carbons (Fsp3) is 0.455. The van der Waals surface area contributed by atoms with E-state index in [0.29, 0.717) is 23.9 Å². The highest BCUT2D eigenvalue weighted by Gasteiger charge is 2.25. The Bertz CT molecular complexity index is 1100. The van der Waals surface area contributed by atoms with E-state index in [1.807, 2.05) is 32.9 Å². The number of hydrazone groups is 1. The fourth-order valence-corrected chi connectivity index (χ4v) is 3.39. The zero-order valence-electron chi connectivity index (χ0n) is 19.7. The first kappa shape index (κ1) is 24.1. The molecule has 2 aromatic heterocycles. The minimum atomic E-state index is -0.478. The number of amides is 1. The SMILES string of the molecule is CCN(CC)Cc1c(C(=O)N/N=C(/C)c2ccc(CC(C)C)cc2)nnn1-c1nonc1N. The van der Waals surface area contributed by atoms with Gasteiger partial charge < -0.3 is 5.73 Å². The summed E-state index contributed by atoms with van der Waals surface area (Å²) < 4.78 is 6.07. The molecule has 33 heavy (non-hydrogen) atoms. The summed E-state index contributed by atoms with van der Waals surface area (Å²) in [6.45, 7) is 12.2. The van der Waals surface area contributed by atoms with Gasteiger partial charge in [0.1, 0.15) is 0 Å². The van der Waals surface area contributed by atoms with Crippen LogP contribution in [-0.2, 0) is 13.0 Å². The van der Waals surface area contributed by atoms with Gasteiger partial charge in [0.25, 0.3) is 5.91 Å². The molecule has 3 rings (SSSR count). The molecule has 1 amide bonds. The zero-order chi connectivity index (χ0) is 24.0. The predicted molar refractivity (Wildman–Crippen MR) is 125 cm³/mol. The van der Waals surface area contributed by atoms with Crippen LogP contribution in [-0.4, -0.2) is 54.9 Å². The highest BCUT2D eigenvalue weighted by Crippen LogP contribution is 2.17. The Morgan fingerprint density at radius 1 is 1.21 bits per heavy atom. The maximum atomic E-state index is 13.0. The first-order valence-corrected chi connectivity index (χ1v) is 11.0. The van der Waals surface area contributed by atoms with Crippen molar-refractivity contribution in [1.29, 1.82) is 0 Å². The van der Waals surface area contributed by atoms with Crippen molar-refractivity contribution in [3.8, 4) is 5.82 Å². The van der Waals surface area contributed by atoms with E-state index >= 15 is 0 Å². The lowest BCUT2D eigenvalue weighted by atomic mass is 10.0. The van der Waals surface area contributed by atoms with Gasteiger partial charge in [-0.3, -0.25) is 9.69 Å². The van der Waals surface area contributed by atoms with Crippen LogP contribution in [0.3, 0.4) is 0 Å². The minimum Gasteiger partial charge on any atom is -0.378 e. The molecule has 11 nitrogen and oxygen atoms in total. The summed E-state index contributed by atoms with van der Waals surface area (Å²) in [6, 6.07) is 8.18. The number of carbonyl (C=O) groups excluding carboxylic acids is 1. The van der Waals surface area contributed by atoms with E-state index in [-0.39, 0.29) is 17.3 Å². The van der Waals surface area contributed by atoms with Gasteiger partial charge in [-0.1, -0.05) is 57.2 Å². The van der Waals surface area contributed by atoms with Gasteiger partial charge in [-0.05, 0) is 53.8 Å². The summed E-state index contributed by atoms with van der Waals surface area (Å²) in [5.74, 6) is 0.355. The summed E-state index contributed by atoms with van der Waals surface area (Å²) in [7, 11) is 0. The molecule has 11 heteroatoms. The average Bonchev–Trinajstić information content (AvgIpc) is 3.41. The van der Waals surface area contributed by atoms with Crippen LogP contribution in [0.4, 0.5) is 5.82 Å². The largest absolute Gasteiger partial charge is 0.378 e. The fourth-order valence-electron chi connectivity index (χ4n) is 3.39. The normalized spacial score (nSPS) is 12.0. The van der Waals surface area contributed by atoms with Crippen LogP contribution in [0.5, 0.6) is 0 Å². The molecule has 0 aliphatic carbocycles. The Kier molecular flexibility index (Phi) is 7.88. The molecule has 0 bridgehead atoms. The maximum Gasteiger partial charge on any atom is 0.293 e. The van der Waals surface area contributed by atoms with Gasteiger partial charge in [0.2, 0.25) is 11.6 Å². The van der Waals surface area contributed by atoms with Gasteiger partial charge in [0.05, 0.1) is 11.4 Å². The van der Waals surface area contributed by atoms with E-state index in [0.717, 1.165) is 25.1 Å². The summed E-state index contributed by atoms with van der Waals surface area (Å²) in [4.78, 5) is 15.1. The number of hydrogen-bond acceptors (Lipinski definition) is 9. The maximum absolute atomic E-state index is 13.0. The van der Waals surface area contributed by atoms with Crippen LogP contribution >= 0.6 is 0 Å². The number of aromatic nitrogens is 5. The van der Waals surface area contributed by atoms with Gasteiger partial charge in [0.15, 0.2) is 5.69 Å². The monoisotopic (exact) mass is 453 g/mol. The van der Waals surface area contributed by atoms with E-state index in [2.05, 4.69) is 66.7 Å². The number of nitrogens with one attached hydrogen (secondary N) is 1. The van der Waals surface area contributed by atoms with Gasteiger partial charge in [-0.2, -0.15) is 9.78 Å². The molecule has 0 atom stereocenters. The molecular formula is C22H31N9O2. The second-order valence-electron chi connectivity index (χ2n) is 8.16. The Morgan fingerprint density at radius 3 is 2.48 bits per heavy atom. The van der Waals surface area contributed by atoms with Crippen LogP contribution in [0.1, 0.15) is 61.9 Å². The standard InChI is InChI=1S/C22H31N9O2/c1-6-30(7-2)13-18-19(25-29-31(18)21-20(23)27-33-28-21)22(32)26-24-15(5)17-10-8-16(9-11-17)12-14(3)4/h8-11,14H,6-7,12-13H2,1-5H3,(H2,23,27)(H,26,32)/b24-15-. The second-order valence-corrected chi connectivity index (χ2v) is 8.16. The molecule has 0 aliphatic rings. The summed E-state index contributed by atoms with van der Waals surface area (Å²) >= 11 is 0. The third kappa shape index (κ3) is 5.80. The minimum absolute atomic E-state index is 0.0578. The van der Waals surface area contributed by atoms with Gasteiger partial charge in [-0.15, -0.1) is 5.10 Å². The molecule has 1 aromatic carbocycles. The van der Waals surface area contributed by atoms with E-state index < -0.39 is 5.91 Å². The van der Waals surface area contributed by atoms with Gasteiger partial charge >= 0.3 is 0 Å². The second kappa shape index (κ2) is 10.8. The number of nitrogens with two attached hydrogens (primary N) is 1. The number of nitrogen functional groups attached to an aromatic ring is 1. The van der Waals surface area contributed by atoms with Crippen molar-refractivity contribution in [2.45, 2.75) is 47.6 Å². The van der Waals surface area contributed by atoms with Crippen molar-refractivity contribution in [2.75, 3.05) is 18.8 Å². The van der Waals surface area contributed by atoms with E-state index in [9.17, 15) is 4.79 Å². The summed E-state index contributed by atoms with van der Waals surface area (Å²) in [5.41, 5.74) is 11.9. The van der Waals surface area contributed by atoms with E-state index in [4.69, 9.17) is 5.73 Å². The molecule has 0 aliphatic heterocycles. The zero-order valence-corrected chi connectivity index (χ0v) is 19.7. The first-order valence-electron chi connectivity index (χ1n) is 11.0. The number of anilines is 1. The molecule has 3 N–H and O–H groups in total. The molecule has 0 saturated carbocycles. The molecule has 0 unspecified atom stereocenters. The lowest BCUT2D eigenvalue weighted by molar-refractivity contribution is 0.0947. The average molecular weight is 454 g/mol. The summed E-state index contributed by atoms with van der Waals surface area (Å²) in [6.07, 6.45) is 1.02. The topological polar surface area (TPSA) is 140 Å². The number of hydrogen-bond donors (Lipinski definition) is 2. The molecule has 0 saturated heterocycles. The lowest BCUT2D eigenvalue weighted by Gasteiger charge is -2.18. The number of benzene rings is 1. The van der Waals surface area contributed by atoms with Crippen molar-refractivity contribution < 1.29 is 9.42 Å². The number of nitrogens with zero attached hydrogens (tertiary/aromatic N) is 7. The van der Waals surface area contributed by atoms with Crippen molar-refractivity contribution in [3.05, 3.63) is 46.8 Å². The first-order chi connectivity index (χ1) is 15.8. The Morgan fingerprint density at radius 2 is 1.91 bits per heavy atom. The molecule has 3 aromatic rings. The van der Waals surface area contributed by atoms with Crippen molar-refractivity contribution in [2.24, 2.45) is 11.0 Å². The number of carbonyl (C=O) groups is 1. The van der Waals surface area contributed by atoms with Gasteiger partial charge in [0, 0.05) is 6.54 Å².